The molecule has 0 bridgehead atoms. The lowest BCUT2D eigenvalue weighted by Crippen LogP contribution is -2.49. The quantitative estimate of drug-likeness (QED) is 0.868. The van der Waals surface area contributed by atoms with Gasteiger partial charge in [0.1, 0.15) is 11.3 Å². The van der Waals surface area contributed by atoms with Crippen molar-refractivity contribution in [2.75, 3.05) is 33.8 Å². The number of nitrogens with two attached hydrogens (primary N) is 1. The summed E-state index contributed by atoms with van der Waals surface area (Å²) < 4.78 is 5.28. The summed E-state index contributed by atoms with van der Waals surface area (Å²) in [5.74, 6) is 1.50. The zero-order valence-corrected chi connectivity index (χ0v) is 17.0. The van der Waals surface area contributed by atoms with Crippen LogP contribution in [0.15, 0.2) is 59.6 Å². The van der Waals surface area contributed by atoms with Crippen LogP contribution in [0.5, 0.6) is 5.75 Å². The van der Waals surface area contributed by atoms with Gasteiger partial charge in [0.05, 0.1) is 13.7 Å². The van der Waals surface area contributed by atoms with Crippen LogP contribution in [-0.2, 0) is 5.54 Å². The van der Waals surface area contributed by atoms with Gasteiger partial charge in [-0.1, -0.05) is 36.4 Å². The maximum absolute atomic E-state index is 13.2. The van der Waals surface area contributed by atoms with Crippen LogP contribution in [0, 0.1) is 5.92 Å². The highest BCUT2D eigenvalue weighted by Crippen LogP contribution is 2.42. The van der Waals surface area contributed by atoms with Crippen LogP contribution in [0.4, 0.5) is 0 Å². The Morgan fingerprint density at radius 3 is 2.69 bits per heavy atom. The number of nitrogens with zero attached hydrogens (tertiary/aromatic N) is 3. The van der Waals surface area contributed by atoms with Gasteiger partial charge < -0.3 is 20.3 Å². The van der Waals surface area contributed by atoms with Gasteiger partial charge in [0.2, 0.25) is 0 Å². The molecule has 1 fully saturated rings. The molecule has 6 nitrogen and oxygen atoms in total. The molecule has 0 saturated carbocycles. The third-order valence-electron chi connectivity index (χ3n) is 6.16. The molecule has 0 aliphatic carbocycles. The zero-order valence-electron chi connectivity index (χ0n) is 17.0. The molecule has 4 rings (SSSR count). The number of likely N-dealkylation sites (tertiary alicyclic amines) is 1. The number of rotatable bonds is 4. The number of hydrogen-bond acceptors (Lipinski definition) is 5. The van der Waals surface area contributed by atoms with Crippen molar-refractivity contribution < 1.29 is 9.53 Å². The minimum Gasteiger partial charge on any atom is -0.497 e. The Labute approximate surface area is 172 Å². The molecule has 6 heteroatoms. The maximum Gasteiger partial charge on any atom is 0.253 e. The summed E-state index contributed by atoms with van der Waals surface area (Å²) in [5, 5.41) is 0. The van der Waals surface area contributed by atoms with E-state index in [-0.39, 0.29) is 11.8 Å². The van der Waals surface area contributed by atoms with E-state index in [2.05, 4.69) is 12.1 Å². The second-order valence-corrected chi connectivity index (χ2v) is 7.94. The monoisotopic (exact) mass is 392 g/mol. The van der Waals surface area contributed by atoms with Crippen molar-refractivity contribution >= 4 is 11.9 Å². The summed E-state index contributed by atoms with van der Waals surface area (Å²) in [7, 11) is 3.59. The highest BCUT2D eigenvalue weighted by atomic mass is 16.5. The number of hydrogen-bond donors (Lipinski definition) is 1. The topological polar surface area (TPSA) is 71.2 Å². The Hall–Kier alpha value is -3.02. The first-order valence-electron chi connectivity index (χ1n) is 10.1. The van der Waals surface area contributed by atoms with Gasteiger partial charge in [0.15, 0.2) is 5.96 Å². The Kier molecular flexibility index (Phi) is 5.18. The Balaban J connectivity index is 1.63. The van der Waals surface area contributed by atoms with Crippen LogP contribution in [-0.4, -0.2) is 55.5 Å². The molecule has 29 heavy (non-hydrogen) atoms. The van der Waals surface area contributed by atoms with Crippen molar-refractivity contribution in [2.24, 2.45) is 16.6 Å². The number of guanidine groups is 1. The molecule has 2 atom stereocenters. The molecule has 2 aliphatic heterocycles. The second kappa shape index (κ2) is 7.78. The van der Waals surface area contributed by atoms with Gasteiger partial charge >= 0.3 is 0 Å². The van der Waals surface area contributed by atoms with E-state index in [4.69, 9.17) is 15.5 Å². The lowest BCUT2D eigenvalue weighted by molar-refractivity contribution is 0.0595. The van der Waals surface area contributed by atoms with Crippen LogP contribution < -0.4 is 10.5 Å². The first kappa shape index (κ1) is 19.3. The van der Waals surface area contributed by atoms with Crippen LogP contribution in [0.25, 0.3) is 0 Å². The fraction of sp³-hybridized carbons (Fsp3) is 0.391. The molecular weight excluding hydrogens is 364 g/mol. The van der Waals surface area contributed by atoms with Crippen molar-refractivity contribution in [3.8, 4) is 5.75 Å². The number of ether oxygens (including phenoxy) is 1. The molecule has 2 unspecified atom stereocenters. The predicted octanol–water partition coefficient (Wildman–Crippen LogP) is 2.70. The molecule has 0 aromatic heterocycles. The summed E-state index contributed by atoms with van der Waals surface area (Å²) in [5.41, 5.74) is 7.59. The van der Waals surface area contributed by atoms with Gasteiger partial charge in [-0.15, -0.1) is 0 Å². The highest BCUT2D eigenvalue weighted by Gasteiger charge is 2.47. The van der Waals surface area contributed by atoms with E-state index in [1.165, 1.54) is 0 Å². The van der Waals surface area contributed by atoms with Crippen molar-refractivity contribution in [1.82, 2.24) is 9.80 Å². The van der Waals surface area contributed by atoms with E-state index in [0.717, 1.165) is 31.5 Å². The number of likely N-dealkylation sites (N-methyl/N-ethyl adjacent to an activating group) is 1. The molecule has 2 heterocycles. The van der Waals surface area contributed by atoms with E-state index in [1.807, 2.05) is 53.2 Å². The average molecular weight is 393 g/mol. The van der Waals surface area contributed by atoms with Gasteiger partial charge in [-0.25, -0.2) is 4.99 Å². The van der Waals surface area contributed by atoms with Crippen LogP contribution in [0.2, 0.25) is 0 Å². The van der Waals surface area contributed by atoms with E-state index < -0.39 is 5.54 Å². The van der Waals surface area contributed by atoms with Crippen molar-refractivity contribution in [3.05, 3.63) is 65.7 Å². The summed E-state index contributed by atoms with van der Waals surface area (Å²) in [6.07, 6.45) is 1.97. The minimum atomic E-state index is -0.423. The Morgan fingerprint density at radius 2 is 2.00 bits per heavy atom. The van der Waals surface area contributed by atoms with Gasteiger partial charge in [0.25, 0.3) is 5.91 Å². The normalized spacial score (nSPS) is 24.3. The number of methoxy groups -OCH3 is 1. The fourth-order valence-electron chi connectivity index (χ4n) is 4.60. The molecule has 1 saturated heterocycles. The number of benzene rings is 2. The zero-order chi connectivity index (χ0) is 20.4. The van der Waals surface area contributed by atoms with E-state index >= 15 is 0 Å². The van der Waals surface area contributed by atoms with Gasteiger partial charge in [-0.2, -0.15) is 0 Å². The Bertz CT molecular complexity index is 914. The third-order valence-corrected chi connectivity index (χ3v) is 6.16. The predicted molar refractivity (Wildman–Crippen MR) is 114 cm³/mol. The summed E-state index contributed by atoms with van der Waals surface area (Å²) >= 11 is 0. The third kappa shape index (κ3) is 3.55. The standard InChI is InChI=1S/C23H28N4O2/c1-26-16-23(25-22(26)24,18-9-4-3-5-10-18)19-11-7-13-27(15-19)21(28)17-8-6-12-20(14-17)29-2/h3-6,8-10,12,14,19H,7,11,13,15-16H2,1-2H3,(H2,24,25). The van der Waals surface area contributed by atoms with Crippen molar-refractivity contribution in [1.29, 1.82) is 0 Å². The lowest BCUT2D eigenvalue weighted by atomic mass is 9.74. The van der Waals surface area contributed by atoms with Crippen LogP contribution in [0.1, 0.15) is 28.8 Å². The van der Waals surface area contributed by atoms with Crippen LogP contribution >= 0.6 is 0 Å². The SMILES string of the molecule is COc1cccc(C(=O)N2CCCC(C3(c4ccccc4)CN(C)C(N)=N3)C2)c1. The van der Waals surface area contributed by atoms with Gasteiger partial charge in [0, 0.05) is 31.6 Å². The van der Waals surface area contributed by atoms with Gasteiger partial charge in [-0.05, 0) is 36.6 Å². The fourth-order valence-corrected chi connectivity index (χ4v) is 4.60. The maximum atomic E-state index is 13.2. The first-order valence-corrected chi connectivity index (χ1v) is 10.1. The molecule has 1 amide bonds. The minimum absolute atomic E-state index is 0.0418. The molecule has 2 aromatic carbocycles. The van der Waals surface area contributed by atoms with Gasteiger partial charge in [-0.3, -0.25) is 4.79 Å². The first-order chi connectivity index (χ1) is 14.0. The molecular formula is C23H28N4O2. The summed E-state index contributed by atoms with van der Waals surface area (Å²) in [6.45, 7) is 2.15. The molecule has 152 valence electrons. The molecule has 2 N–H and O–H groups in total. The second-order valence-electron chi connectivity index (χ2n) is 7.94. The molecule has 0 radical (unpaired) electrons. The number of piperidine rings is 1. The van der Waals surface area contributed by atoms with E-state index in [0.29, 0.717) is 23.8 Å². The molecule has 0 spiro atoms. The Morgan fingerprint density at radius 1 is 1.21 bits per heavy atom. The van der Waals surface area contributed by atoms with E-state index in [1.54, 1.807) is 13.2 Å². The number of amides is 1. The summed E-state index contributed by atoms with van der Waals surface area (Å²) in [6, 6.07) is 17.7. The van der Waals surface area contributed by atoms with Crippen molar-refractivity contribution in [2.45, 2.75) is 18.4 Å². The smallest absolute Gasteiger partial charge is 0.253 e. The molecule has 2 aromatic rings. The highest BCUT2D eigenvalue weighted by molar-refractivity contribution is 5.94. The number of carbonyl (C=O) groups is 1. The van der Waals surface area contributed by atoms with Crippen LogP contribution in [0.3, 0.4) is 0 Å². The van der Waals surface area contributed by atoms with Crippen molar-refractivity contribution in [3.63, 3.8) is 0 Å². The lowest BCUT2D eigenvalue weighted by Gasteiger charge is -2.42. The largest absolute Gasteiger partial charge is 0.497 e. The molecule has 2 aliphatic rings. The van der Waals surface area contributed by atoms with E-state index in [9.17, 15) is 4.79 Å². The number of aliphatic imine (C=N–C) groups is 1. The number of carbonyl (C=O) groups excluding carboxylic acids is 1. The summed E-state index contributed by atoms with van der Waals surface area (Å²) in [4.78, 5) is 22.1. The average Bonchev–Trinajstić information content (AvgIpc) is 3.09.